The molecule has 0 fully saturated rings. The van der Waals surface area contributed by atoms with Crippen molar-refractivity contribution < 1.29 is 9.90 Å². The fourth-order valence-corrected chi connectivity index (χ4v) is 1.09. The minimum atomic E-state index is -0.125. The highest BCUT2D eigenvalue weighted by Gasteiger charge is 1.97. The van der Waals surface area contributed by atoms with Crippen LogP contribution in [0.5, 0.6) is 0 Å². The molecule has 0 saturated carbocycles. The monoisotopic (exact) mass is 200 g/mol. The molecule has 0 amide bonds. The minimum Gasteiger partial charge on any atom is -0.393 e. The topological polar surface area (TPSA) is 37.3 Å². The van der Waals surface area contributed by atoms with Crippen LogP contribution in [0.15, 0.2) is 11.6 Å². The number of hydrogen-bond donors (Lipinski definition) is 1. The molecule has 0 bridgehead atoms. The van der Waals surface area contributed by atoms with E-state index in [-0.39, 0.29) is 11.9 Å². The second-order valence-electron chi connectivity index (χ2n) is 4.31. The lowest BCUT2D eigenvalue weighted by atomic mass is 10.1. The van der Waals surface area contributed by atoms with Gasteiger partial charge < -0.3 is 5.11 Å². The molecular formula is C12H24O2. The lowest BCUT2D eigenvalue weighted by Gasteiger charge is -2.04. The first-order chi connectivity index (χ1) is 6.25. The van der Waals surface area contributed by atoms with Crippen LogP contribution in [0.2, 0.25) is 0 Å². The van der Waals surface area contributed by atoms with Gasteiger partial charge in [0.1, 0.15) is 0 Å². The third-order valence-corrected chi connectivity index (χ3v) is 1.30. The van der Waals surface area contributed by atoms with E-state index in [4.69, 9.17) is 5.11 Å². The van der Waals surface area contributed by atoms with E-state index in [0.717, 1.165) is 12.0 Å². The minimum absolute atomic E-state index is 0.125. The van der Waals surface area contributed by atoms with Gasteiger partial charge in [-0.25, -0.2) is 0 Å². The molecule has 0 aliphatic rings. The van der Waals surface area contributed by atoms with Gasteiger partial charge in [-0.1, -0.05) is 19.4 Å². The number of ketones is 1. The first-order valence-corrected chi connectivity index (χ1v) is 5.09. The molecule has 0 rings (SSSR count). The van der Waals surface area contributed by atoms with Crippen molar-refractivity contribution in [2.24, 2.45) is 5.92 Å². The van der Waals surface area contributed by atoms with Crippen LogP contribution in [0, 0.1) is 5.92 Å². The molecule has 0 aromatic rings. The van der Waals surface area contributed by atoms with Gasteiger partial charge in [-0.3, -0.25) is 4.79 Å². The summed E-state index contributed by atoms with van der Waals surface area (Å²) in [7, 11) is 0. The number of aliphatic hydroxyl groups is 1. The Kier molecular flexibility index (Phi) is 10.1. The Morgan fingerprint density at radius 3 is 1.64 bits per heavy atom. The van der Waals surface area contributed by atoms with Gasteiger partial charge in [-0.2, -0.15) is 0 Å². The molecule has 1 atom stereocenters. The van der Waals surface area contributed by atoms with Crippen molar-refractivity contribution in [3.63, 3.8) is 0 Å². The molecule has 84 valence electrons. The molecule has 2 heteroatoms. The Morgan fingerprint density at radius 2 is 1.64 bits per heavy atom. The fourth-order valence-electron chi connectivity index (χ4n) is 1.09. The van der Waals surface area contributed by atoms with Crippen LogP contribution >= 0.6 is 0 Å². The van der Waals surface area contributed by atoms with Gasteiger partial charge in [0.05, 0.1) is 6.10 Å². The van der Waals surface area contributed by atoms with E-state index in [2.05, 4.69) is 13.8 Å². The summed E-state index contributed by atoms with van der Waals surface area (Å²) < 4.78 is 0. The summed E-state index contributed by atoms with van der Waals surface area (Å²) in [4.78, 5) is 10.2. The molecule has 0 radical (unpaired) electrons. The van der Waals surface area contributed by atoms with Gasteiger partial charge in [0.25, 0.3) is 0 Å². The van der Waals surface area contributed by atoms with Crippen LogP contribution in [-0.2, 0) is 4.79 Å². The van der Waals surface area contributed by atoms with Crippen LogP contribution in [0.3, 0.4) is 0 Å². The van der Waals surface area contributed by atoms with Crippen LogP contribution < -0.4 is 0 Å². The molecule has 0 spiro atoms. The average molecular weight is 200 g/mol. The van der Waals surface area contributed by atoms with Crippen molar-refractivity contribution in [1.82, 2.24) is 0 Å². The maximum Gasteiger partial charge on any atom is 0.152 e. The molecular weight excluding hydrogens is 176 g/mol. The second-order valence-corrected chi connectivity index (χ2v) is 4.31. The molecule has 0 aliphatic carbocycles. The summed E-state index contributed by atoms with van der Waals surface area (Å²) in [6.07, 6.45) is 2.40. The van der Waals surface area contributed by atoms with Gasteiger partial charge in [0, 0.05) is 0 Å². The second kappa shape index (κ2) is 8.95. The van der Waals surface area contributed by atoms with Crippen molar-refractivity contribution in [2.75, 3.05) is 0 Å². The summed E-state index contributed by atoms with van der Waals surface area (Å²) >= 11 is 0. The van der Waals surface area contributed by atoms with E-state index >= 15 is 0 Å². The standard InChI is InChI=1S/C6H14O.C6H10O/c2*1-5(2)4-6(3)7/h5-7H,4H2,1-3H3;4H,1-3H3. The lowest BCUT2D eigenvalue weighted by molar-refractivity contribution is -0.112. The molecule has 14 heavy (non-hydrogen) atoms. The zero-order valence-electron chi connectivity index (χ0n) is 10.3. The van der Waals surface area contributed by atoms with Crippen LogP contribution in [0.1, 0.15) is 48.0 Å². The molecule has 0 aromatic carbocycles. The van der Waals surface area contributed by atoms with Crippen molar-refractivity contribution in [3.8, 4) is 0 Å². The summed E-state index contributed by atoms with van der Waals surface area (Å²) in [6.45, 7) is 11.4. The zero-order chi connectivity index (χ0) is 11.7. The predicted octanol–water partition coefficient (Wildman–Crippen LogP) is 2.95. The van der Waals surface area contributed by atoms with Gasteiger partial charge >= 0.3 is 0 Å². The molecule has 0 aliphatic heterocycles. The zero-order valence-corrected chi connectivity index (χ0v) is 10.3. The van der Waals surface area contributed by atoms with Crippen molar-refractivity contribution in [3.05, 3.63) is 11.6 Å². The number of carbonyl (C=O) groups excluding carboxylic acids is 1. The van der Waals surface area contributed by atoms with Crippen LogP contribution in [-0.4, -0.2) is 17.0 Å². The normalized spacial score (nSPS) is 11.4. The predicted molar refractivity (Wildman–Crippen MR) is 61.2 cm³/mol. The van der Waals surface area contributed by atoms with Gasteiger partial charge in [-0.05, 0) is 46.1 Å². The highest BCUT2D eigenvalue weighted by Crippen LogP contribution is 2.01. The quantitative estimate of drug-likeness (QED) is 0.711. The molecule has 1 unspecified atom stereocenters. The number of allylic oxidation sites excluding steroid dienone is 2. The van der Waals surface area contributed by atoms with E-state index < -0.39 is 0 Å². The van der Waals surface area contributed by atoms with E-state index in [1.165, 1.54) is 0 Å². The third kappa shape index (κ3) is 22.5. The summed E-state index contributed by atoms with van der Waals surface area (Å²) in [5, 5.41) is 8.72. The Morgan fingerprint density at radius 1 is 1.21 bits per heavy atom. The number of aliphatic hydroxyl groups excluding tert-OH is 1. The largest absolute Gasteiger partial charge is 0.393 e. The van der Waals surface area contributed by atoms with Crippen molar-refractivity contribution in [1.29, 1.82) is 0 Å². The van der Waals surface area contributed by atoms with Crippen molar-refractivity contribution >= 4 is 5.78 Å². The van der Waals surface area contributed by atoms with Gasteiger partial charge in [0.2, 0.25) is 0 Å². The average Bonchev–Trinajstić information content (AvgIpc) is 1.79. The number of hydrogen-bond acceptors (Lipinski definition) is 2. The Bertz CT molecular complexity index is 169. The van der Waals surface area contributed by atoms with E-state index in [1.807, 2.05) is 20.8 Å². The summed E-state index contributed by atoms with van der Waals surface area (Å²) in [6, 6.07) is 0. The molecule has 0 heterocycles. The van der Waals surface area contributed by atoms with Crippen LogP contribution in [0.25, 0.3) is 0 Å². The maximum atomic E-state index is 10.2. The highest BCUT2D eigenvalue weighted by molar-refractivity contribution is 5.87. The highest BCUT2D eigenvalue weighted by atomic mass is 16.3. The first kappa shape index (κ1) is 15.8. The first-order valence-electron chi connectivity index (χ1n) is 5.09. The SMILES string of the molecule is CC(=O)C=C(C)C.CC(C)CC(C)O. The fraction of sp³-hybridized carbons (Fsp3) is 0.750. The Labute approximate surface area is 88.0 Å². The molecule has 0 aromatic heterocycles. The molecule has 2 nitrogen and oxygen atoms in total. The number of carbonyl (C=O) groups is 1. The summed E-state index contributed by atoms with van der Waals surface area (Å²) in [5.74, 6) is 0.750. The van der Waals surface area contributed by atoms with E-state index in [1.54, 1.807) is 13.0 Å². The lowest BCUT2D eigenvalue weighted by Crippen LogP contribution is -2.03. The van der Waals surface area contributed by atoms with E-state index in [9.17, 15) is 4.79 Å². The summed E-state index contributed by atoms with van der Waals surface area (Å²) in [5.41, 5.74) is 1.06. The molecule has 1 N–H and O–H groups in total. The van der Waals surface area contributed by atoms with Crippen LogP contribution in [0.4, 0.5) is 0 Å². The number of rotatable bonds is 3. The molecule has 0 saturated heterocycles. The Balaban J connectivity index is 0. The smallest absolute Gasteiger partial charge is 0.152 e. The van der Waals surface area contributed by atoms with Gasteiger partial charge in [-0.15, -0.1) is 0 Å². The third-order valence-electron chi connectivity index (χ3n) is 1.30. The van der Waals surface area contributed by atoms with E-state index in [0.29, 0.717) is 5.92 Å². The van der Waals surface area contributed by atoms with Crippen molar-refractivity contribution in [2.45, 2.75) is 54.1 Å². The van der Waals surface area contributed by atoms with Gasteiger partial charge in [0.15, 0.2) is 5.78 Å². The Hall–Kier alpha value is -0.630. The maximum absolute atomic E-state index is 10.2.